The first kappa shape index (κ1) is 20.8. The molecule has 0 radical (unpaired) electrons. The lowest BCUT2D eigenvalue weighted by atomic mass is 9.96. The normalized spacial score (nSPS) is 27.0. The molecule has 4 N–H and O–H groups in total. The van der Waals surface area contributed by atoms with E-state index in [1.165, 1.54) is 10.8 Å². The summed E-state index contributed by atoms with van der Waals surface area (Å²) in [5.74, 6) is 0.218. The molecule has 2 aromatic heterocycles. The lowest BCUT2D eigenvalue weighted by Gasteiger charge is -2.24. The number of carbonyl (C=O) groups is 1. The molecule has 2 aromatic rings. The van der Waals surface area contributed by atoms with Crippen molar-refractivity contribution in [2.45, 2.75) is 44.7 Å². The molecular weight excluding hydrogens is 382 g/mol. The third-order valence-corrected chi connectivity index (χ3v) is 4.47. The van der Waals surface area contributed by atoms with Crippen molar-refractivity contribution in [1.82, 2.24) is 14.6 Å². The van der Waals surface area contributed by atoms with E-state index in [2.05, 4.69) is 10.1 Å². The number of hydrogen-bond acceptors (Lipinski definition) is 10. The molecule has 0 amide bonds. The minimum Gasteiger partial charge on any atom is -0.434 e. The number of hydrogen-bond donors (Lipinski definition) is 3. The Hall–Kier alpha value is -2.94. The molecule has 3 rings (SSSR count). The molecule has 3 heterocycles. The van der Waals surface area contributed by atoms with Gasteiger partial charge in [0.05, 0.1) is 12.3 Å². The third-order valence-electron chi connectivity index (χ3n) is 4.47. The van der Waals surface area contributed by atoms with Crippen molar-refractivity contribution < 1.29 is 29.2 Å². The summed E-state index contributed by atoms with van der Waals surface area (Å²) in [5.41, 5.74) is 4.39. The average Bonchev–Trinajstić information content (AvgIpc) is 3.20. The van der Waals surface area contributed by atoms with E-state index < -0.39 is 36.7 Å². The minimum atomic E-state index is -1.98. The molecule has 1 aliphatic rings. The first-order valence-corrected chi connectivity index (χ1v) is 8.91. The maximum absolute atomic E-state index is 11.8. The van der Waals surface area contributed by atoms with Crippen LogP contribution in [0.25, 0.3) is 5.52 Å². The third kappa shape index (κ3) is 3.95. The number of nitriles is 1. The molecule has 0 bridgehead atoms. The quantitative estimate of drug-likeness (QED) is 0.612. The number of rotatable bonds is 4. The second-order valence-corrected chi connectivity index (χ2v) is 8.06. The van der Waals surface area contributed by atoms with Crippen LogP contribution in [0.1, 0.15) is 32.6 Å². The largest absolute Gasteiger partial charge is 0.508 e. The number of ether oxygens (including phenoxy) is 3. The molecule has 11 heteroatoms. The van der Waals surface area contributed by atoms with Crippen molar-refractivity contribution in [3.8, 4) is 6.07 Å². The highest BCUT2D eigenvalue weighted by atomic mass is 16.7. The van der Waals surface area contributed by atoms with Gasteiger partial charge in [-0.25, -0.2) is 14.3 Å². The zero-order valence-electron chi connectivity index (χ0n) is 16.3. The fourth-order valence-corrected chi connectivity index (χ4v) is 2.96. The molecule has 0 unspecified atom stereocenters. The lowest BCUT2D eigenvalue weighted by molar-refractivity contribution is -0.0872. The van der Waals surface area contributed by atoms with Crippen LogP contribution in [-0.4, -0.2) is 62.0 Å². The number of carbonyl (C=O) groups excluding carboxylic acids is 1. The number of aliphatic hydroxyl groups excluding tert-OH is 2. The fraction of sp³-hybridized carbons (Fsp3) is 0.556. The Bertz CT molecular complexity index is 948. The van der Waals surface area contributed by atoms with Crippen LogP contribution in [0.2, 0.25) is 0 Å². The predicted molar refractivity (Wildman–Crippen MR) is 98.3 cm³/mol. The SMILES string of the molecule is CC(C)(C)COC(=O)OC[C@@]1(C#N)O[C@@H](c2ccc3c(N)ncnn23)[C@H](O)[C@@H]1O. The van der Waals surface area contributed by atoms with Crippen LogP contribution in [0.3, 0.4) is 0 Å². The fourth-order valence-electron chi connectivity index (χ4n) is 2.96. The van der Waals surface area contributed by atoms with E-state index in [0.29, 0.717) is 11.2 Å². The van der Waals surface area contributed by atoms with Crippen LogP contribution < -0.4 is 5.73 Å². The van der Waals surface area contributed by atoms with E-state index >= 15 is 0 Å². The number of nitrogens with zero attached hydrogens (tertiary/aromatic N) is 4. The summed E-state index contributed by atoms with van der Waals surface area (Å²) >= 11 is 0. The first-order valence-electron chi connectivity index (χ1n) is 8.91. The summed E-state index contributed by atoms with van der Waals surface area (Å²) in [6, 6.07) is 5.02. The van der Waals surface area contributed by atoms with Crippen molar-refractivity contribution in [3.05, 3.63) is 24.2 Å². The van der Waals surface area contributed by atoms with E-state index in [9.17, 15) is 20.3 Å². The molecule has 0 saturated carbocycles. The summed E-state index contributed by atoms with van der Waals surface area (Å²) in [5, 5.41) is 34.7. The van der Waals surface area contributed by atoms with Gasteiger partial charge < -0.3 is 30.2 Å². The van der Waals surface area contributed by atoms with Crippen LogP contribution in [0, 0.1) is 16.7 Å². The van der Waals surface area contributed by atoms with Crippen LogP contribution in [0.15, 0.2) is 18.5 Å². The van der Waals surface area contributed by atoms with Gasteiger partial charge in [-0.3, -0.25) is 0 Å². The van der Waals surface area contributed by atoms with Gasteiger partial charge in [0, 0.05) is 0 Å². The van der Waals surface area contributed by atoms with E-state index in [0.717, 1.165) is 0 Å². The number of nitrogen functional groups attached to an aromatic ring is 1. The van der Waals surface area contributed by atoms with Gasteiger partial charge in [0.15, 0.2) is 5.82 Å². The summed E-state index contributed by atoms with van der Waals surface area (Å²) in [4.78, 5) is 15.7. The van der Waals surface area contributed by atoms with Crippen molar-refractivity contribution >= 4 is 17.5 Å². The Morgan fingerprint density at radius 1 is 1.41 bits per heavy atom. The van der Waals surface area contributed by atoms with E-state index in [1.807, 2.05) is 20.8 Å². The van der Waals surface area contributed by atoms with Crippen LogP contribution in [0.5, 0.6) is 0 Å². The van der Waals surface area contributed by atoms with Gasteiger partial charge in [-0.15, -0.1) is 0 Å². The Kier molecular flexibility index (Phi) is 5.36. The monoisotopic (exact) mass is 405 g/mol. The zero-order valence-corrected chi connectivity index (χ0v) is 16.3. The van der Waals surface area contributed by atoms with Gasteiger partial charge in [0.25, 0.3) is 0 Å². The molecule has 0 aliphatic carbocycles. The van der Waals surface area contributed by atoms with Crippen molar-refractivity contribution in [2.75, 3.05) is 18.9 Å². The molecule has 156 valence electrons. The van der Waals surface area contributed by atoms with Crippen molar-refractivity contribution in [1.29, 1.82) is 5.26 Å². The second-order valence-electron chi connectivity index (χ2n) is 8.06. The van der Waals surface area contributed by atoms with Crippen molar-refractivity contribution in [3.63, 3.8) is 0 Å². The summed E-state index contributed by atoms with van der Waals surface area (Å²) in [6.45, 7) is 5.11. The Labute approximate surface area is 166 Å². The Morgan fingerprint density at radius 2 is 2.14 bits per heavy atom. The van der Waals surface area contributed by atoms with Gasteiger partial charge in [0.1, 0.15) is 42.8 Å². The minimum absolute atomic E-state index is 0.108. The number of nitrogens with two attached hydrogens (primary N) is 1. The molecule has 0 spiro atoms. The van der Waals surface area contributed by atoms with E-state index in [-0.39, 0.29) is 17.8 Å². The highest BCUT2D eigenvalue weighted by Gasteiger charge is 2.57. The molecule has 29 heavy (non-hydrogen) atoms. The van der Waals surface area contributed by atoms with Gasteiger partial charge in [-0.2, -0.15) is 10.4 Å². The van der Waals surface area contributed by atoms with Gasteiger partial charge >= 0.3 is 6.16 Å². The molecule has 1 aliphatic heterocycles. The molecule has 0 aromatic carbocycles. The topological polar surface area (TPSA) is 165 Å². The second kappa shape index (κ2) is 7.47. The number of aromatic nitrogens is 3. The smallest absolute Gasteiger partial charge is 0.434 e. The highest BCUT2D eigenvalue weighted by Crippen LogP contribution is 2.40. The van der Waals surface area contributed by atoms with Gasteiger partial charge in [0.2, 0.25) is 5.60 Å². The number of aliphatic hydroxyl groups is 2. The summed E-state index contributed by atoms with van der Waals surface area (Å²) < 4.78 is 17.0. The van der Waals surface area contributed by atoms with Crippen LogP contribution in [-0.2, 0) is 14.2 Å². The molecule has 1 fully saturated rings. The van der Waals surface area contributed by atoms with Gasteiger partial charge in [-0.05, 0) is 17.5 Å². The highest BCUT2D eigenvalue weighted by molar-refractivity contribution is 5.65. The van der Waals surface area contributed by atoms with E-state index in [1.54, 1.807) is 18.2 Å². The van der Waals surface area contributed by atoms with Gasteiger partial charge in [-0.1, -0.05) is 20.8 Å². The standard InChI is InChI=1S/C18H23N5O6/c1-17(2,3)7-27-16(26)28-8-18(6-19)14(25)12(24)13(29-18)10-4-5-11-15(20)21-9-22-23(10)11/h4-5,9,12-14,24-25H,7-8H2,1-3H3,(H2,20,21,22)/t12-,13-,14-,18+/m0/s1. The Morgan fingerprint density at radius 3 is 2.79 bits per heavy atom. The predicted octanol–water partition coefficient (Wildman–Crippen LogP) is 0.566. The molecule has 11 nitrogen and oxygen atoms in total. The first-order chi connectivity index (χ1) is 13.6. The summed E-state index contributed by atoms with van der Waals surface area (Å²) in [7, 11) is 0. The average molecular weight is 405 g/mol. The maximum Gasteiger partial charge on any atom is 0.508 e. The zero-order chi connectivity index (χ0) is 21.4. The van der Waals surface area contributed by atoms with Crippen molar-refractivity contribution in [2.24, 2.45) is 5.41 Å². The summed E-state index contributed by atoms with van der Waals surface area (Å²) in [6.07, 6.45) is -4.00. The van der Waals surface area contributed by atoms with Crippen LogP contribution in [0.4, 0.5) is 10.6 Å². The molecular formula is C18H23N5O6. The Balaban J connectivity index is 1.78. The maximum atomic E-state index is 11.8. The van der Waals surface area contributed by atoms with Crippen LogP contribution >= 0.6 is 0 Å². The number of fused-ring (bicyclic) bond motifs is 1. The number of anilines is 1. The lowest BCUT2D eigenvalue weighted by Crippen LogP contribution is -2.46. The molecule has 4 atom stereocenters. The van der Waals surface area contributed by atoms with E-state index in [4.69, 9.17) is 19.9 Å². The molecule has 1 saturated heterocycles.